The van der Waals surface area contributed by atoms with E-state index < -0.39 is 16.6 Å². The van der Waals surface area contributed by atoms with Crippen LogP contribution in [0.5, 0.6) is 11.8 Å². The monoisotopic (exact) mass is 447 g/mol. The minimum Gasteiger partial charge on any atom is -0.467 e. The van der Waals surface area contributed by atoms with Crippen LogP contribution in [0.1, 0.15) is 19.1 Å². The Kier molecular flexibility index (Phi) is 7.33. The van der Waals surface area contributed by atoms with E-state index >= 15 is 0 Å². The maximum atomic E-state index is 11.9. The zero-order valence-corrected chi connectivity index (χ0v) is 17.2. The summed E-state index contributed by atoms with van der Waals surface area (Å²) >= 11 is 5.85. The fourth-order valence-corrected chi connectivity index (χ4v) is 2.83. The van der Waals surface area contributed by atoms with Crippen LogP contribution in [-0.4, -0.2) is 39.0 Å². The number of carbonyl (C=O) groups excluding carboxylic acids is 1. The molecule has 162 valence electrons. The highest BCUT2D eigenvalue weighted by atomic mass is 35.5. The Labute approximate surface area is 181 Å². The van der Waals surface area contributed by atoms with E-state index in [1.807, 2.05) is 0 Å². The highest BCUT2D eigenvalue weighted by Crippen LogP contribution is 2.36. The number of rotatable bonds is 10. The fourth-order valence-electron chi connectivity index (χ4n) is 2.68. The van der Waals surface area contributed by atoms with Crippen molar-refractivity contribution in [3.63, 3.8) is 0 Å². The van der Waals surface area contributed by atoms with E-state index in [2.05, 4.69) is 15.0 Å². The number of nitro groups is 1. The molecular formula is C19H18ClN5O6. The Morgan fingerprint density at radius 3 is 2.81 bits per heavy atom. The SMILES string of the molecule is CCOC(=O)CCN(Cc1ccco1)c1ncnc(Oc2cccc(Cl)n2)c1[N+](=O)[O-]. The first-order valence-electron chi connectivity index (χ1n) is 9.20. The molecule has 0 unspecified atom stereocenters. The van der Waals surface area contributed by atoms with E-state index in [1.165, 1.54) is 23.3 Å². The molecule has 0 aliphatic heterocycles. The smallest absolute Gasteiger partial charge is 0.373 e. The first-order valence-corrected chi connectivity index (χ1v) is 9.58. The van der Waals surface area contributed by atoms with Gasteiger partial charge in [-0.2, -0.15) is 4.98 Å². The highest BCUT2D eigenvalue weighted by Gasteiger charge is 2.30. The summed E-state index contributed by atoms with van der Waals surface area (Å²) in [6, 6.07) is 8.00. The van der Waals surface area contributed by atoms with Crippen molar-refractivity contribution in [2.75, 3.05) is 18.1 Å². The van der Waals surface area contributed by atoms with Gasteiger partial charge < -0.3 is 18.8 Å². The lowest BCUT2D eigenvalue weighted by Crippen LogP contribution is -2.28. The van der Waals surface area contributed by atoms with Crippen molar-refractivity contribution in [1.82, 2.24) is 15.0 Å². The molecule has 0 atom stereocenters. The summed E-state index contributed by atoms with van der Waals surface area (Å²) in [4.78, 5) is 36.5. The lowest BCUT2D eigenvalue weighted by molar-refractivity contribution is -0.385. The standard InChI is InChI=1S/C19H18ClN5O6/c1-2-29-16(26)8-9-24(11-13-5-4-10-30-13)18-17(25(27)28)19(22-12-21-18)31-15-7-3-6-14(20)23-15/h3-7,10,12H,2,8-9,11H2,1H3. The number of pyridine rings is 1. The molecule has 0 aliphatic carbocycles. The van der Waals surface area contributed by atoms with E-state index in [0.29, 0.717) is 5.76 Å². The normalized spacial score (nSPS) is 10.5. The molecule has 3 heterocycles. The number of anilines is 1. The summed E-state index contributed by atoms with van der Waals surface area (Å²) in [6.45, 7) is 2.14. The number of halogens is 1. The molecule has 0 bridgehead atoms. The second kappa shape index (κ2) is 10.3. The molecule has 0 radical (unpaired) electrons. The van der Waals surface area contributed by atoms with Crippen molar-refractivity contribution >= 4 is 29.1 Å². The average molecular weight is 448 g/mol. The summed E-state index contributed by atoms with van der Waals surface area (Å²) < 4.78 is 15.8. The third-order valence-electron chi connectivity index (χ3n) is 3.96. The second-order valence-corrected chi connectivity index (χ2v) is 6.45. The van der Waals surface area contributed by atoms with Crippen molar-refractivity contribution in [3.8, 4) is 11.8 Å². The summed E-state index contributed by atoms with van der Waals surface area (Å²) in [5.41, 5.74) is -0.486. The molecule has 0 fully saturated rings. The molecule has 3 aromatic rings. The zero-order valence-electron chi connectivity index (χ0n) is 16.4. The Hall–Kier alpha value is -3.73. The lowest BCUT2D eigenvalue weighted by atomic mass is 10.3. The van der Waals surface area contributed by atoms with Crippen molar-refractivity contribution < 1.29 is 23.6 Å². The van der Waals surface area contributed by atoms with Crippen molar-refractivity contribution in [2.45, 2.75) is 19.9 Å². The Morgan fingerprint density at radius 1 is 1.29 bits per heavy atom. The molecule has 11 nitrogen and oxygen atoms in total. The molecule has 12 heteroatoms. The Morgan fingerprint density at radius 2 is 2.13 bits per heavy atom. The maximum absolute atomic E-state index is 11.9. The molecule has 0 spiro atoms. The van der Waals surface area contributed by atoms with E-state index in [0.717, 1.165) is 6.33 Å². The number of ether oxygens (including phenoxy) is 2. The predicted molar refractivity (Wildman–Crippen MR) is 109 cm³/mol. The van der Waals surface area contributed by atoms with Gasteiger partial charge in [0.25, 0.3) is 0 Å². The van der Waals surface area contributed by atoms with E-state index in [-0.39, 0.29) is 48.8 Å². The van der Waals surface area contributed by atoms with E-state index in [4.69, 9.17) is 25.5 Å². The molecule has 0 saturated carbocycles. The van der Waals surface area contributed by atoms with Gasteiger partial charge in [0.1, 0.15) is 17.2 Å². The molecule has 0 N–H and O–H groups in total. The van der Waals surface area contributed by atoms with Gasteiger partial charge in [0.2, 0.25) is 11.7 Å². The molecule has 0 aromatic carbocycles. The van der Waals surface area contributed by atoms with Crippen molar-refractivity contribution in [2.24, 2.45) is 0 Å². The number of furan rings is 1. The largest absolute Gasteiger partial charge is 0.467 e. The van der Waals surface area contributed by atoms with Gasteiger partial charge in [-0.15, -0.1) is 0 Å². The first kappa shape index (κ1) is 22.0. The Bertz CT molecular complexity index is 1050. The number of hydrogen-bond acceptors (Lipinski definition) is 10. The Balaban J connectivity index is 1.96. The summed E-state index contributed by atoms with van der Waals surface area (Å²) in [5.74, 6) is -0.244. The van der Waals surface area contributed by atoms with Gasteiger partial charge in [-0.05, 0) is 25.1 Å². The first-order chi connectivity index (χ1) is 15.0. The molecule has 3 aromatic heterocycles. The van der Waals surface area contributed by atoms with Crippen LogP contribution in [0.4, 0.5) is 11.5 Å². The minimum atomic E-state index is -0.658. The van der Waals surface area contributed by atoms with Crippen LogP contribution in [-0.2, 0) is 16.1 Å². The van der Waals surface area contributed by atoms with Crippen LogP contribution >= 0.6 is 11.6 Å². The lowest BCUT2D eigenvalue weighted by Gasteiger charge is -2.22. The average Bonchev–Trinajstić information content (AvgIpc) is 3.24. The predicted octanol–water partition coefficient (Wildman–Crippen LogP) is 3.78. The van der Waals surface area contributed by atoms with Crippen LogP contribution < -0.4 is 9.64 Å². The number of esters is 1. The molecule has 0 aliphatic rings. The number of carbonyl (C=O) groups is 1. The van der Waals surface area contributed by atoms with Gasteiger partial charge in [-0.3, -0.25) is 14.9 Å². The topological polar surface area (TPSA) is 134 Å². The molecular weight excluding hydrogens is 430 g/mol. The maximum Gasteiger partial charge on any atom is 0.373 e. The minimum absolute atomic E-state index is 0.0122. The third-order valence-corrected chi connectivity index (χ3v) is 4.17. The fraction of sp³-hybridized carbons (Fsp3) is 0.263. The van der Waals surface area contributed by atoms with Gasteiger partial charge >= 0.3 is 17.5 Å². The third kappa shape index (κ3) is 5.89. The van der Waals surface area contributed by atoms with Gasteiger partial charge in [-0.1, -0.05) is 17.7 Å². The van der Waals surface area contributed by atoms with Crippen LogP contribution in [0.3, 0.4) is 0 Å². The van der Waals surface area contributed by atoms with Gasteiger partial charge in [-0.25, -0.2) is 9.97 Å². The van der Waals surface area contributed by atoms with Crippen LogP contribution in [0.25, 0.3) is 0 Å². The van der Waals surface area contributed by atoms with Crippen LogP contribution in [0.2, 0.25) is 5.15 Å². The van der Waals surface area contributed by atoms with Crippen LogP contribution in [0, 0.1) is 10.1 Å². The highest BCUT2D eigenvalue weighted by molar-refractivity contribution is 6.29. The molecule has 31 heavy (non-hydrogen) atoms. The van der Waals surface area contributed by atoms with E-state index in [1.54, 1.807) is 25.1 Å². The summed E-state index contributed by atoms with van der Waals surface area (Å²) in [5, 5.41) is 12.1. The molecule has 0 saturated heterocycles. The number of aromatic nitrogens is 3. The van der Waals surface area contributed by atoms with Crippen molar-refractivity contribution in [3.05, 3.63) is 63.9 Å². The van der Waals surface area contributed by atoms with Crippen molar-refractivity contribution in [1.29, 1.82) is 0 Å². The van der Waals surface area contributed by atoms with Gasteiger partial charge in [0.15, 0.2) is 0 Å². The molecule has 0 amide bonds. The number of nitrogens with zero attached hydrogens (tertiary/aromatic N) is 5. The quantitative estimate of drug-likeness (QED) is 0.195. The second-order valence-electron chi connectivity index (χ2n) is 6.06. The van der Waals surface area contributed by atoms with E-state index in [9.17, 15) is 14.9 Å². The summed E-state index contributed by atoms with van der Waals surface area (Å²) in [7, 11) is 0. The molecule has 3 rings (SSSR count). The number of hydrogen-bond donors (Lipinski definition) is 0. The van der Waals surface area contributed by atoms with Gasteiger partial charge in [0.05, 0.1) is 30.8 Å². The van der Waals surface area contributed by atoms with Gasteiger partial charge in [0, 0.05) is 12.6 Å². The summed E-state index contributed by atoms with van der Waals surface area (Å²) in [6.07, 6.45) is 2.59. The zero-order chi connectivity index (χ0) is 22.2. The van der Waals surface area contributed by atoms with Crippen LogP contribution in [0.15, 0.2) is 47.3 Å².